The monoisotopic (exact) mass is 650 g/mol. The first-order chi connectivity index (χ1) is 21.6. The molecule has 0 aliphatic carbocycles. The maximum atomic E-state index is 14.0. The fraction of sp³-hybridized carbons (Fsp3) is 0.486. The number of para-hydroxylation sites is 1. The maximum Gasteiger partial charge on any atom is 0.270 e. The third kappa shape index (κ3) is 8.50. The van der Waals surface area contributed by atoms with Gasteiger partial charge in [-0.1, -0.05) is 82.3 Å². The molecule has 3 N–H and O–H groups in total. The Labute approximate surface area is 272 Å². The van der Waals surface area contributed by atoms with Crippen molar-refractivity contribution in [2.45, 2.75) is 89.5 Å². The molecular formula is C35H46N4O6S. The minimum atomic E-state index is -3.84. The summed E-state index contributed by atoms with van der Waals surface area (Å²) in [5, 5.41) is 9.59. The summed E-state index contributed by atoms with van der Waals surface area (Å²) >= 11 is 0. The van der Waals surface area contributed by atoms with Gasteiger partial charge in [-0.15, -0.1) is 0 Å². The number of epoxide rings is 1. The Hall–Kier alpha value is -3.83. The van der Waals surface area contributed by atoms with Crippen LogP contribution in [0.1, 0.15) is 64.0 Å². The van der Waals surface area contributed by atoms with Crippen molar-refractivity contribution in [3.8, 4) is 0 Å². The Balaban J connectivity index is 1.56. The second kappa shape index (κ2) is 14.3. The van der Waals surface area contributed by atoms with Gasteiger partial charge in [0.15, 0.2) is 9.84 Å². The number of nitrogens with zero attached hydrogens (tertiary/aromatic N) is 1. The third-order valence-corrected chi connectivity index (χ3v) is 11.0. The molecule has 0 bridgehead atoms. The van der Waals surface area contributed by atoms with Crippen LogP contribution in [0.4, 0.5) is 0 Å². The molecule has 3 amide bonds. The number of carbonyl (C=O) groups is 3. The van der Waals surface area contributed by atoms with E-state index in [9.17, 15) is 22.8 Å². The number of nitrogens with one attached hydrogen (secondary N) is 3. The predicted molar refractivity (Wildman–Crippen MR) is 179 cm³/mol. The highest BCUT2D eigenvalue weighted by Gasteiger charge is 2.49. The summed E-state index contributed by atoms with van der Waals surface area (Å²) in [6.45, 7) is 11.1. The van der Waals surface area contributed by atoms with Crippen LogP contribution in [0, 0.1) is 11.8 Å². The van der Waals surface area contributed by atoms with E-state index < -0.39 is 50.7 Å². The number of rotatable bonds is 14. The first kappa shape index (κ1) is 35.0. The highest BCUT2D eigenvalue weighted by Crippen LogP contribution is 2.31. The van der Waals surface area contributed by atoms with Crippen LogP contribution in [0.15, 0.2) is 66.7 Å². The van der Waals surface area contributed by atoms with Crippen LogP contribution in [0.3, 0.4) is 0 Å². The van der Waals surface area contributed by atoms with E-state index in [-0.39, 0.29) is 35.9 Å². The zero-order valence-corrected chi connectivity index (χ0v) is 28.4. The minimum absolute atomic E-state index is 0.0178. The zero-order valence-electron chi connectivity index (χ0n) is 27.6. The van der Waals surface area contributed by atoms with E-state index in [1.54, 1.807) is 18.2 Å². The Bertz CT molecular complexity index is 1650. The van der Waals surface area contributed by atoms with Gasteiger partial charge in [0, 0.05) is 17.7 Å². The molecule has 4 atom stereocenters. The van der Waals surface area contributed by atoms with E-state index in [1.165, 1.54) is 19.9 Å². The average Bonchev–Trinajstić information content (AvgIpc) is 3.76. The van der Waals surface area contributed by atoms with Crippen LogP contribution in [0.5, 0.6) is 0 Å². The number of carbonyl (C=O) groups excluding carboxylic acids is 3. The molecule has 1 aliphatic heterocycles. The molecule has 248 valence electrons. The summed E-state index contributed by atoms with van der Waals surface area (Å²) in [4.78, 5) is 44.8. The molecule has 3 aromatic rings. The van der Waals surface area contributed by atoms with E-state index in [2.05, 4.69) is 48.6 Å². The van der Waals surface area contributed by atoms with E-state index in [0.717, 1.165) is 17.2 Å². The summed E-state index contributed by atoms with van der Waals surface area (Å²) < 4.78 is 30.2. The number of fused-ring (bicyclic) bond motifs is 1. The van der Waals surface area contributed by atoms with Crippen molar-refractivity contribution in [1.82, 2.24) is 20.9 Å². The van der Waals surface area contributed by atoms with Crippen molar-refractivity contribution in [2.75, 3.05) is 6.26 Å². The molecular weight excluding hydrogens is 604 g/mol. The van der Waals surface area contributed by atoms with Gasteiger partial charge in [0.1, 0.15) is 17.8 Å². The number of hydrogen-bond acceptors (Lipinski definition) is 7. The zero-order chi connectivity index (χ0) is 33.8. The highest BCUT2D eigenvalue weighted by molar-refractivity contribution is 7.92. The molecule has 0 spiro atoms. The average molecular weight is 651 g/mol. The summed E-state index contributed by atoms with van der Waals surface area (Å²) in [7, 11) is -3.84. The van der Waals surface area contributed by atoms with Gasteiger partial charge in [-0.25, -0.2) is 13.4 Å². The van der Waals surface area contributed by atoms with Crippen LogP contribution >= 0.6 is 0 Å². The number of amides is 3. The Kier molecular flexibility index (Phi) is 10.9. The fourth-order valence-electron chi connectivity index (χ4n) is 5.76. The standard InChI is InChI=1S/C35H46N4O6S/c1-21(2)30(22(3)4)38-29(40)20-28-31(45-28)27(19-23-13-9-8-10-14-23)37-34(42)32(35(5,6)46(7,43)44)39-33(41)26-18-17-24-15-11-12-16-25(24)36-26/h8-18,21-22,27-28,30-32H,19-20H2,1-7H3,(H,37,42)(H,38,40)(H,39,41)/t27-,28-,31+,32+/m0/s1. The molecule has 1 aliphatic rings. The molecule has 1 aromatic heterocycles. The lowest BCUT2D eigenvalue weighted by Gasteiger charge is -2.33. The smallest absolute Gasteiger partial charge is 0.270 e. The van der Waals surface area contributed by atoms with Gasteiger partial charge in [-0.2, -0.15) is 0 Å². The van der Waals surface area contributed by atoms with Crippen LogP contribution in [0.25, 0.3) is 10.9 Å². The van der Waals surface area contributed by atoms with Crippen LogP contribution in [-0.4, -0.2) is 72.5 Å². The first-order valence-electron chi connectivity index (χ1n) is 15.7. The van der Waals surface area contributed by atoms with Gasteiger partial charge in [-0.3, -0.25) is 14.4 Å². The largest absolute Gasteiger partial charge is 0.367 e. The van der Waals surface area contributed by atoms with Gasteiger partial charge in [0.2, 0.25) is 11.8 Å². The van der Waals surface area contributed by atoms with Crippen molar-refractivity contribution in [1.29, 1.82) is 0 Å². The van der Waals surface area contributed by atoms with E-state index >= 15 is 0 Å². The van der Waals surface area contributed by atoms with E-state index in [4.69, 9.17) is 4.74 Å². The van der Waals surface area contributed by atoms with Gasteiger partial charge in [0.05, 0.1) is 28.8 Å². The lowest BCUT2D eigenvalue weighted by molar-refractivity contribution is -0.124. The Morgan fingerprint density at radius 2 is 1.50 bits per heavy atom. The molecule has 0 unspecified atom stereocenters. The molecule has 10 nitrogen and oxygen atoms in total. The van der Waals surface area contributed by atoms with Crippen molar-refractivity contribution >= 4 is 38.5 Å². The molecule has 0 saturated carbocycles. The number of benzene rings is 2. The lowest BCUT2D eigenvalue weighted by atomic mass is 9.93. The number of sulfone groups is 1. The molecule has 1 fully saturated rings. The van der Waals surface area contributed by atoms with Gasteiger partial charge < -0.3 is 20.7 Å². The van der Waals surface area contributed by atoms with Crippen molar-refractivity contribution in [2.24, 2.45) is 11.8 Å². The second-order valence-electron chi connectivity index (χ2n) is 13.4. The number of aromatic nitrogens is 1. The molecule has 0 radical (unpaired) electrons. The highest BCUT2D eigenvalue weighted by atomic mass is 32.2. The molecule has 4 rings (SSSR count). The predicted octanol–water partition coefficient (Wildman–Crippen LogP) is 3.84. The van der Waals surface area contributed by atoms with Crippen LogP contribution in [-0.2, 0) is 30.6 Å². The molecule has 2 heterocycles. The summed E-state index contributed by atoms with van der Waals surface area (Å²) in [6.07, 6.45) is 0.639. The molecule has 46 heavy (non-hydrogen) atoms. The molecule has 11 heteroatoms. The summed E-state index contributed by atoms with van der Waals surface area (Å²) in [5.41, 5.74) is 1.57. The quantitative estimate of drug-likeness (QED) is 0.225. The number of pyridine rings is 1. The van der Waals surface area contributed by atoms with Crippen LogP contribution < -0.4 is 16.0 Å². The van der Waals surface area contributed by atoms with E-state index in [0.29, 0.717) is 11.9 Å². The first-order valence-corrected chi connectivity index (χ1v) is 17.6. The van der Waals surface area contributed by atoms with Gasteiger partial charge >= 0.3 is 0 Å². The molecule has 2 aromatic carbocycles. The van der Waals surface area contributed by atoms with Gasteiger partial charge in [0.25, 0.3) is 5.91 Å². The molecule has 1 saturated heterocycles. The summed E-state index contributed by atoms with van der Waals surface area (Å²) in [5.74, 6) is -0.954. The summed E-state index contributed by atoms with van der Waals surface area (Å²) in [6, 6.07) is 18.0. The van der Waals surface area contributed by atoms with Crippen LogP contribution in [0.2, 0.25) is 0 Å². The topological polar surface area (TPSA) is 147 Å². The second-order valence-corrected chi connectivity index (χ2v) is 16.0. The minimum Gasteiger partial charge on any atom is -0.367 e. The van der Waals surface area contributed by atoms with Crippen molar-refractivity contribution in [3.05, 3.63) is 78.0 Å². The Morgan fingerprint density at radius 1 is 0.870 bits per heavy atom. The van der Waals surface area contributed by atoms with Gasteiger partial charge in [-0.05, 0) is 49.8 Å². The van der Waals surface area contributed by atoms with E-state index in [1.807, 2.05) is 42.5 Å². The maximum absolute atomic E-state index is 14.0. The van der Waals surface area contributed by atoms with Crippen molar-refractivity contribution in [3.63, 3.8) is 0 Å². The fourth-order valence-corrected chi connectivity index (χ4v) is 6.35. The third-order valence-electron chi connectivity index (χ3n) is 8.81. The van der Waals surface area contributed by atoms with Crippen molar-refractivity contribution < 1.29 is 27.5 Å². The number of ether oxygens (including phenoxy) is 1. The Morgan fingerprint density at radius 3 is 2.13 bits per heavy atom. The number of hydrogen-bond donors (Lipinski definition) is 3. The lowest BCUT2D eigenvalue weighted by Crippen LogP contribution is -2.62. The normalized spacial score (nSPS) is 18.0. The SMILES string of the molecule is CC(C)C(NC(=O)C[C@@H]1O[C@@H]1[C@H](Cc1ccccc1)NC(=O)[C@@H](NC(=O)c1ccc2ccccc2n1)C(C)(C)S(C)(=O)=O)C(C)C.